The van der Waals surface area contributed by atoms with Crippen molar-refractivity contribution in [1.82, 2.24) is 10.3 Å². The second kappa shape index (κ2) is 7.56. The number of pyridine rings is 1. The molecule has 9 heteroatoms. The van der Waals surface area contributed by atoms with Crippen molar-refractivity contribution in [2.45, 2.75) is 12.6 Å². The van der Waals surface area contributed by atoms with E-state index in [1.807, 2.05) is 0 Å². The molecule has 1 aliphatic rings. The van der Waals surface area contributed by atoms with Gasteiger partial charge < -0.3 is 16.2 Å². The van der Waals surface area contributed by atoms with Crippen molar-refractivity contribution >= 4 is 11.8 Å². The Bertz CT molecular complexity index is 1040. The fraction of sp³-hybridized carbons (Fsp3) is 0.250. The first-order chi connectivity index (χ1) is 13.6. The zero-order chi connectivity index (χ0) is 21.2. The Balaban J connectivity index is 2.03. The fourth-order valence-corrected chi connectivity index (χ4v) is 2.90. The molecule has 0 bridgehead atoms. The summed E-state index contributed by atoms with van der Waals surface area (Å²) in [6, 6.07) is 7.58. The highest BCUT2D eigenvalue weighted by Crippen LogP contribution is 2.32. The number of hydrogen-bond donors (Lipinski definition) is 3. The van der Waals surface area contributed by atoms with E-state index < -0.39 is 35.4 Å². The van der Waals surface area contributed by atoms with E-state index in [2.05, 4.69) is 22.1 Å². The third-order valence-corrected chi connectivity index (χ3v) is 4.55. The van der Waals surface area contributed by atoms with E-state index in [0.29, 0.717) is 30.2 Å². The highest BCUT2D eigenvalue weighted by Gasteiger charge is 2.40. The van der Waals surface area contributed by atoms with Crippen LogP contribution < -0.4 is 11.1 Å². The molecule has 0 spiro atoms. The maximum absolute atomic E-state index is 13.2. The van der Waals surface area contributed by atoms with Crippen LogP contribution in [0, 0.1) is 17.3 Å². The molecular weight excluding hydrogens is 387 g/mol. The molecular formula is C20H16F3N3O3. The van der Waals surface area contributed by atoms with Gasteiger partial charge in [0, 0.05) is 17.7 Å². The molecule has 0 saturated carbocycles. The Morgan fingerprint density at radius 1 is 1.31 bits per heavy atom. The summed E-state index contributed by atoms with van der Waals surface area (Å²) in [5.74, 6) is 4.11. The van der Waals surface area contributed by atoms with E-state index in [-0.39, 0.29) is 11.6 Å². The number of primary amides is 1. The number of alkyl halides is 3. The Morgan fingerprint density at radius 2 is 2.07 bits per heavy atom. The van der Waals surface area contributed by atoms with E-state index in [1.165, 1.54) is 12.1 Å². The van der Waals surface area contributed by atoms with Gasteiger partial charge in [-0.25, -0.2) is 4.98 Å². The van der Waals surface area contributed by atoms with Crippen LogP contribution in [-0.4, -0.2) is 35.1 Å². The largest absolute Gasteiger partial charge is 0.416 e. The Morgan fingerprint density at radius 3 is 2.66 bits per heavy atom. The number of aliphatic hydroxyl groups is 1. The van der Waals surface area contributed by atoms with Crippen LogP contribution in [0.15, 0.2) is 36.4 Å². The number of halogens is 3. The molecule has 1 saturated heterocycles. The van der Waals surface area contributed by atoms with Crippen LogP contribution in [-0.2, 0) is 11.0 Å². The monoisotopic (exact) mass is 403 g/mol. The number of nitrogens with one attached hydrogen (secondary N) is 1. The molecule has 0 radical (unpaired) electrons. The molecule has 1 aromatic carbocycles. The van der Waals surface area contributed by atoms with Gasteiger partial charge in [0.2, 0.25) is 5.91 Å². The predicted octanol–water partition coefficient (Wildman–Crippen LogP) is 1.72. The van der Waals surface area contributed by atoms with Gasteiger partial charge in [-0.2, -0.15) is 13.2 Å². The summed E-state index contributed by atoms with van der Waals surface area (Å²) in [5, 5.41) is 12.2. The van der Waals surface area contributed by atoms with E-state index in [1.54, 1.807) is 12.1 Å². The van der Waals surface area contributed by atoms with Crippen LogP contribution in [0.3, 0.4) is 0 Å². The molecule has 6 nitrogen and oxygen atoms in total. The Labute approximate surface area is 163 Å². The molecule has 150 valence electrons. The summed E-state index contributed by atoms with van der Waals surface area (Å²) < 4.78 is 39.5. The van der Waals surface area contributed by atoms with Crippen LogP contribution >= 0.6 is 0 Å². The quantitative estimate of drug-likeness (QED) is 0.679. The third kappa shape index (κ3) is 4.22. The predicted molar refractivity (Wildman–Crippen MR) is 97.2 cm³/mol. The molecule has 1 atom stereocenters. The zero-order valence-corrected chi connectivity index (χ0v) is 15.0. The van der Waals surface area contributed by atoms with E-state index in [9.17, 15) is 27.9 Å². The Kier molecular flexibility index (Phi) is 5.31. The molecule has 2 amide bonds. The van der Waals surface area contributed by atoms with Gasteiger partial charge in [-0.05, 0) is 30.7 Å². The van der Waals surface area contributed by atoms with Crippen LogP contribution in [0.5, 0.6) is 0 Å². The van der Waals surface area contributed by atoms with Crippen molar-refractivity contribution in [3.05, 3.63) is 53.2 Å². The Hall–Kier alpha value is -3.38. The second-order valence-electron chi connectivity index (χ2n) is 6.57. The summed E-state index contributed by atoms with van der Waals surface area (Å²) in [6.45, 7) is -0.0408. The lowest BCUT2D eigenvalue weighted by Gasteiger charge is -2.15. The number of hydrogen-bond acceptors (Lipinski definition) is 4. The molecule has 0 unspecified atom stereocenters. The molecule has 1 aromatic heterocycles. The average molecular weight is 403 g/mol. The van der Waals surface area contributed by atoms with E-state index in [0.717, 1.165) is 6.07 Å². The van der Waals surface area contributed by atoms with Crippen molar-refractivity contribution in [2.24, 2.45) is 11.1 Å². The molecule has 1 fully saturated rings. The van der Waals surface area contributed by atoms with Crippen molar-refractivity contribution in [1.29, 1.82) is 0 Å². The first-order valence-corrected chi connectivity index (χ1v) is 8.56. The lowest BCUT2D eigenvalue weighted by Crippen LogP contribution is -2.33. The van der Waals surface area contributed by atoms with Crippen molar-refractivity contribution in [2.75, 3.05) is 13.2 Å². The highest BCUT2D eigenvalue weighted by atomic mass is 19.4. The number of benzene rings is 1. The van der Waals surface area contributed by atoms with Crippen LogP contribution in [0.1, 0.15) is 28.0 Å². The minimum atomic E-state index is -4.68. The number of aliphatic hydroxyl groups excluding tert-OH is 1. The lowest BCUT2D eigenvalue weighted by atomic mass is 9.88. The summed E-state index contributed by atoms with van der Waals surface area (Å²) in [7, 11) is 0. The smallest absolute Gasteiger partial charge is 0.394 e. The van der Waals surface area contributed by atoms with E-state index >= 15 is 0 Å². The SMILES string of the molecule is NC(=O)c1cc(C(F)(F)F)cc(-c2cccc(C#C[C@@]3(CO)CCNC3=O)c2)n1. The molecule has 2 aromatic rings. The van der Waals surface area contributed by atoms with E-state index in [4.69, 9.17) is 5.73 Å². The fourth-order valence-electron chi connectivity index (χ4n) is 2.90. The number of aromatic nitrogens is 1. The van der Waals surface area contributed by atoms with Gasteiger partial charge in [-0.1, -0.05) is 24.0 Å². The minimum Gasteiger partial charge on any atom is -0.394 e. The van der Waals surface area contributed by atoms with Crippen LogP contribution in [0.4, 0.5) is 13.2 Å². The van der Waals surface area contributed by atoms with Crippen molar-refractivity contribution in [3.8, 4) is 23.1 Å². The van der Waals surface area contributed by atoms with Gasteiger partial charge >= 0.3 is 6.18 Å². The number of nitrogens with two attached hydrogens (primary N) is 1. The number of nitrogens with zero attached hydrogens (tertiary/aromatic N) is 1. The minimum absolute atomic E-state index is 0.0900. The van der Waals surface area contributed by atoms with Crippen molar-refractivity contribution < 1.29 is 27.9 Å². The van der Waals surface area contributed by atoms with Gasteiger partial charge in [0.15, 0.2) is 0 Å². The first-order valence-electron chi connectivity index (χ1n) is 8.56. The molecule has 29 heavy (non-hydrogen) atoms. The maximum atomic E-state index is 13.2. The second-order valence-corrected chi connectivity index (χ2v) is 6.57. The maximum Gasteiger partial charge on any atom is 0.416 e. The van der Waals surface area contributed by atoms with Crippen molar-refractivity contribution in [3.63, 3.8) is 0 Å². The van der Waals surface area contributed by atoms with Gasteiger partial charge in [-0.15, -0.1) is 0 Å². The first kappa shape index (κ1) is 20.4. The number of carbonyl (C=O) groups excluding carboxylic acids is 2. The lowest BCUT2D eigenvalue weighted by molar-refractivity contribution is -0.137. The molecule has 3 rings (SSSR count). The average Bonchev–Trinajstić information content (AvgIpc) is 3.06. The van der Waals surface area contributed by atoms with Gasteiger partial charge in [0.1, 0.15) is 11.1 Å². The number of amides is 2. The summed E-state index contributed by atoms with van der Waals surface area (Å²) >= 11 is 0. The van der Waals surface area contributed by atoms with Gasteiger partial charge in [0.05, 0.1) is 17.9 Å². The van der Waals surface area contributed by atoms with Gasteiger partial charge in [-0.3, -0.25) is 9.59 Å². The number of carbonyl (C=O) groups is 2. The number of rotatable bonds is 3. The molecule has 0 aliphatic carbocycles. The zero-order valence-electron chi connectivity index (χ0n) is 15.0. The van der Waals surface area contributed by atoms with Crippen LogP contribution in [0.25, 0.3) is 11.3 Å². The molecule has 1 aliphatic heterocycles. The summed E-state index contributed by atoms with van der Waals surface area (Å²) in [6.07, 6.45) is -4.32. The van der Waals surface area contributed by atoms with Crippen LogP contribution in [0.2, 0.25) is 0 Å². The highest BCUT2D eigenvalue weighted by molar-refractivity contribution is 5.91. The molecule has 4 N–H and O–H groups in total. The normalized spacial score (nSPS) is 18.7. The molecule has 2 heterocycles. The third-order valence-electron chi connectivity index (χ3n) is 4.55. The van der Waals surface area contributed by atoms with Gasteiger partial charge in [0.25, 0.3) is 5.91 Å². The topological polar surface area (TPSA) is 105 Å². The summed E-state index contributed by atoms with van der Waals surface area (Å²) in [4.78, 5) is 27.2. The summed E-state index contributed by atoms with van der Waals surface area (Å²) in [5.41, 5.74) is 2.97. The standard InChI is InChI=1S/C20H16F3N3O3/c21-20(22,23)14-9-15(26-16(10-14)17(24)28)13-3-1-2-12(8-13)4-5-19(11-27)6-7-25-18(19)29/h1-3,8-10,27H,6-7,11H2,(H2,24,28)(H,25,29)/t19-/m0/s1.